The third-order valence-electron chi connectivity index (χ3n) is 6.52. The molecule has 0 amide bonds. The van der Waals surface area contributed by atoms with Crippen LogP contribution in [0, 0.1) is 0 Å². The number of para-hydroxylation sites is 1. The first-order valence-electron chi connectivity index (χ1n) is 10.7. The molecule has 4 nitrogen and oxygen atoms in total. The molecule has 0 aliphatic carbocycles. The predicted octanol–water partition coefficient (Wildman–Crippen LogP) is 4.18. The van der Waals surface area contributed by atoms with Gasteiger partial charge in [-0.2, -0.15) is 0 Å². The van der Waals surface area contributed by atoms with Crippen molar-refractivity contribution in [2.75, 3.05) is 26.2 Å². The van der Waals surface area contributed by atoms with Gasteiger partial charge < -0.3 is 9.47 Å². The first kappa shape index (κ1) is 18.7. The highest BCUT2D eigenvalue weighted by Crippen LogP contribution is 2.30. The maximum atomic E-state index is 12.0. The number of carbonyl (C=O) groups is 1. The van der Waals surface area contributed by atoms with E-state index in [1.807, 2.05) is 6.07 Å². The smallest absolute Gasteiger partial charge is 0.161 e. The van der Waals surface area contributed by atoms with Crippen LogP contribution in [0.15, 0.2) is 30.5 Å². The minimum absolute atomic E-state index is 0.159. The predicted molar refractivity (Wildman–Crippen MR) is 111 cm³/mol. The third kappa shape index (κ3) is 3.83. The lowest BCUT2D eigenvalue weighted by atomic mass is 10.1. The Kier molecular flexibility index (Phi) is 5.65. The molecule has 0 saturated carbocycles. The van der Waals surface area contributed by atoms with Gasteiger partial charge in [0.2, 0.25) is 0 Å². The molecule has 146 valence electrons. The van der Waals surface area contributed by atoms with Crippen LogP contribution in [0.3, 0.4) is 0 Å². The number of fused-ring (bicyclic) bond motifs is 3. The van der Waals surface area contributed by atoms with Crippen LogP contribution in [0.5, 0.6) is 0 Å². The van der Waals surface area contributed by atoms with Gasteiger partial charge in [-0.15, -0.1) is 0 Å². The van der Waals surface area contributed by atoms with E-state index in [9.17, 15) is 4.79 Å². The summed E-state index contributed by atoms with van der Waals surface area (Å²) in [4.78, 5) is 17.4. The van der Waals surface area contributed by atoms with Gasteiger partial charge in [-0.3, -0.25) is 9.69 Å². The van der Waals surface area contributed by atoms with Crippen molar-refractivity contribution in [3.05, 3.63) is 36.0 Å². The lowest BCUT2D eigenvalue weighted by Crippen LogP contribution is -2.54. The van der Waals surface area contributed by atoms with E-state index in [0.29, 0.717) is 0 Å². The van der Waals surface area contributed by atoms with E-state index in [2.05, 4.69) is 45.7 Å². The number of aromatic nitrogens is 1. The van der Waals surface area contributed by atoms with Crippen molar-refractivity contribution in [3.63, 3.8) is 0 Å². The average Bonchev–Trinajstić information content (AvgIpc) is 3.15. The first-order chi connectivity index (χ1) is 13.2. The molecule has 2 aromatic rings. The standard InChI is InChI=1S/C23H33N3O/c1-3-4-12-24-15-19-10-11-20(16-24)26(19)14-7-13-25-17-22(18(2)27)21-8-5-6-9-23(21)25/h5-6,8-9,17,19-20H,3-4,7,10-16H2,1-2H3. The summed E-state index contributed by atoms with van der Waals surface area (Å²) in [5.74, 6) is 0.159. The highest BCUT2D eigenvalue weighted by molar-refractivity contribution is 6.06. The highest BCUT2D eigenvalue weighted by Gasteiger charge is 2.38. The van der Waals surface area contributed by atoms with Gasteiger partial charge in [-0.25, -0.2) is 0 Å². The van der Waals surface area contributed by atoms with Gasteiger partial charge in [0.05, 0.1) is 0 Å². The SMILES string of the molecule is CCCCN1CC2CCC(C1)N2CCCn1cc(C(C)=O)c2ccccc21. The Labute approximate surface area is 163 Å². The number of piperazine rings is 1. The number of ketones is 1. The Balaban J connectivity index is 1.37. The molecule has 0 spiro atoms. The molecular weight excluding hydrogens is 334 g/mol. The molecule has 2 fully saturated rings. The van der Waals surface area contributed by atoms with E-state index in [-0.39, 0.29) is 5.78 Å². The monoisotopic (exact) mass is 367 g/mol. The van der Waals surface area contributed by atoms with Crippen molar-refractivity contribution < 1.29 is 4.79 Å². The Morgan fingerprint density at radius 3 is 2.48 bits per heavy atom. The Morgan fingerprint density at radius 1 is 1.04 bits per heavy atom. The molecular formula is C23H33N3O. The van der Waals surface area contributed by atoms with Crippen LogP contribution in [-0.2, 0) is 6.54 Å². The topological polar surface area (TPSA) is 28.5 Å². The van der Waals surface area contributed by atoms with Crippen molar-refractivity contribution >= 4 is 16.7 Å². The number of benzene rings is 1. The lowest BCUT2D eigenvalue weighted by molar-refractivity contribution is 0.0645. The molecule has 2 atom stereocenters. The van der Waals surface area contributed by atoms with Gasteiger partial charge in [0.1, 0.15) is 0 Å². The van der Waals surface area contributed by atoms with Gasteiger partial charge in [-0.1, -0.05) is 31.5 Å². The molecule has 2 aliphatic heterocycles. The Bertz CT molecular complexity index is 782. The molecule has 0 N–H and O–H groups in total. The fraction of sp³-hybridized carbons (Fsp3) is 0.609. The second-order valence-electron chi connectivity index (χ2n) is 8.40. The summed E-state index contributed by atoms with van der Waals surface area (Å²) >= 11 is 0. The number of hydrogen-bond acceptors (Lipinski definition) is 3. The molecule has 3 heterocycles. The van der Waals surface area contributed by atoms with E-state index in [4.69, 9.17) is 0 Å². The van der Waals surface area contributed by atoms with Crippen molar-refractivity contribution in [1.29, 1.82) is 0 Å². The summed E-state index contributed by atoms with van der Waals surface area (Å²) in [7, 11) is 0. The van der Waals surface area contributed by atoms with E-state index in [0.717, 1.165) is 36.0 Å². The van der Waals surface area contributed by atoms with Crippen molar-refractivity contribution in [3.8, 4) is 0 Å². The highest BCUT2D eigenvalue weighted by atomic mass is 16.1. The normalized spacial score (nSPS) is 23.3. The number of carbonyl (C=O) groups excluding carboxylic acids is 1. The average molecular weight is 368 g/mol. The molecule has 0 radical (unpaired) electrons. The molecule has 1 aromatic carbocycles. The summed E-state index contributed by atoms with van der Waals surface area (Å²) in [6.45, 7) is 9.92. The number of Topliss-reactive ketones (excluding diaryl/α,β-unsaturated/α-hetero) is 1. The largest absolute Gasteiger partial charge is 0.347 e. The minimum Gasteiger partial charge on any atom is -0.347 e. The van der Waals surface area contributed by atoms with Crippen LogP contribution in [0.4, 0.5) is 0 Å². The fourth-order valence-electron chi connectivity index (χ4n) is 5.14. The molecule has 2 bridgehead atoms. The van der Waals surface area contributed by atoms with Crippen LogP contribution in [0.2, 0.25) is 0 Å². The number of hydrogen-bond donors (Lipinski definition) is 0. The number of nitrogens with zero attached hydrogens (tertiary/aromatic N) is 3. The summed E-state index contributed by atoms with van der Waals surface area (Å²) < 4.78 is 2.28. The van der Waals surface area contributed by atoms with E-state index < -0.39 is 0 Å². The molecule has 2 unspecified atom stereocenters. The minimum atomic E-state index is 0.159. The van der Waals surface area contributed by atoms with Crippen molar-refractivity contribution in [2.45, 2.75) is 64.6 Å². The second kappa shape index (κ2) is 8.15. The molecule has 27 heavy (non-hydrogen) atoms. The fourth-order valence-corrected chi connectivity index (χ4v) is 5.14. The van der Waals surface area contributed by atoms with Crippen LogP contribution >= 0.6 is 0 Å². The number of likely N-dealkylation sites (tertiary alicyclic amines) is 1. The van der Waals surface area contributed by atoms with Gasteiger partial charge in [-0.05, 0) is 45.2 Å². The van der Waals surface area contributed by atoms with Gasteiger partial charge >= 0.3 is 0 Å². The van der Waals surface area contributed by atoms with E-state index in [1.165, 1.54) is 57.4 Å². The van der Waals surface area contributed by atoms with Crippen molar-refractivity contribution in [2.24, 2.45) is 0 Å². The van der Waals surface area contributed by atoms with Gasteiger partial charge in [0.25, 0.3) is 0 Å². The Hall–Kier alpha value is -1.65. The van der Waals surface area contributed by atoms with Crippen molar-refractivity contribution in [1.82, 2.24) is 14.4 Å². The van der Waals surface area contributed by atoms with E-state index >= 15 is 0 Å². The van der Waals surface area contributed by atoms with Crippen LogP contribution in [-0.4, -0.2) is 58.4 Å². The quantitative estimate of drug-likeness (QED) is 0.655. The summed E-state index contributed by atoms with van der Waals surface area (Å²) in [6.07, 6.45) is 8.58. The molecule has 1 aromatic heterocycles. The second-order valence-corrected chi connectivity index (χ2v) is 8.40. The molecule has 4 rings (SSSR count). The number of rotatable bonds is 8. The molecule has 2 aliphatic rings. The van der Waals surface area contributed by atoms with Crippen LogP contribution < -0.4 is 0 Å². The third-order valence-corrected chi connectivity index (χ3v) is 6.52. The van der Waals surface area contributed by atoms with Crippen LogP contribution in [0.1, 0.15) is 56.3 Å². The number of aryl methyl sites for hydroxylation is 1. The Morgan fingerprint density at radius 2 is 1.78 bits per heavy atom. The zero-order chi connectivity index (χ0) is 18.8. The summed E-state index contributed by atoms with van der Waals surface area (Å²) in [6, 6.07) is 9.81. The number of unbranched alkanes of at least 4 members (excludes halogenated alkanes) is 1. The van der Waals surface area contributed by atoms with E-state index in [1.54, 1.807) is 6.92 Å². The summed E-state index contributed by atoms with van der Waals surface area (Å²) in [5.41, 5.74) is 2.05. The van der Waals surface area contributed by atoms with Gasteiger partial charge in [0.15, 0.2) is 5.78 Å². The lowest BCUT2D eigenvalue weighted by Gasteiger charge is -2.41. The maximum absolute atomic E-state index is 12.0. The zero-order valence-electron chi connectivity index (χ0n) is 16.9. The summed E-state index contributed by atoms with van der Waals surface area (Å²) in [5, 5.41) is 1.09. The van der Waals surface area contributed by atoms with Crippen LogP contribution in [0.25, 0.3) is 10.9 Å². The maximum Gasteiger partial charge on any atom is 0.161 e. The molecule has 2 saturated heterocycles. The van der Waals surface area contributed by atoms with Gasteiger partial charge in [0, 0.05) is 60.9 Å². The molecule has 4 heteroatoms. The zero-order valence-corrected chi connectivity index (χ0v) is 16.9. The first-order valence-corrected chi connectivity index (χ1v) is 10.7.